The largest absolute Gasteiger partial charge is 0.504 e. The van der Waals surface area contributed by atoms with Crippen molar-refractivity contribution in [3.05, 3.63) is 76.2 Å². The fourth-order valence-electron chi connectivity index (χ4n) is 3.46. The number of hydrogen-bond donors (Lipinski definition) is 3. The van der Waals surface area contributed by atoms with Gasteiger partial charge in [-0.1, -0.05) is 0 Å². The third-order valence-electron chi connectivity index (χ3n) is 5.25. The molecule has 0 atom stereocenters. The molecule has 6 nitrogen and oxygen atoms in total. The maximum atomic E-state index is 15.0. The number of thiazole rings is 1. The molecular weight excluding hydrogens is 718 g/mol. The van der Waals surface area contributed by atoms with Gasteiger partial charge in [0.1, 0.15) is 38.8 Å². The number of halogens is 7. The molecule has 1 heterocycles. The average molecular weight is 731 g/mol. The predicted molar refractivity (Wildman–Crippen MR) is 129 cm³/mol. The van der Waals surface area contributed by atoms with Crippen LogP contribution in [0.3, 0.4) is 0 Å². The molecule has 3 aromatic carbocycles. The number of phenolic OH excluding ortho intramolecular Hbond substituents is 1. The van der Waals surface area contributed by atoms with Crippen molar-refractivity contribution in [3.63, 3.8) is 0 Å². The number of nitrogens with zero attached hydrogens (tertiary/aromatic N) is 1. The summed E-state index contributed by atoms with van der Waals surface area (Å²) in [5, 5.41) is 21.2. The third-order valence-corrected chi connectivity index (χ3v) is 7.02. The van der Waals surface area contributed by atoms with Crippen molar-refractivity contribution in [2.45, 2.75) is 11.2 Å². The Labute approximate surface area is 262 Å². The molecule has 1 aromatic heterocycles. The van der Waals surface area contributed by atoms with Crippen molar-refractivity contribution in [3.8, 4) is 33.2 Å². The second-order valence-electron chi connectivity index (χ2n) is 7.67. The Balaban J connectivity index is 0.00000441. The van der Waals surface area contributed by atoms with Gasteiger partial charge in [-0.3, -0.25) is 0 Å². The minimum Gasteiger partial charge on any atom is -0.504 e. The van der Waals surface area contributed by atoms with Crippen LogP contribution in [0.2, 0.25) is 0 Å². The minimum atomic E-state index is -5.29. The molecule has 3 N–H and O–H groups in total. The van der Waals surface area contributed by atoms with Crippen molar-refractivity contribution in [1.29, 1.82) is 0 Å². The van der Waals surface area contributed by atoms with E-state index in [-0.39, 0.29) is 68.3 Å². The van der Waals surface area contributed by atoms with E-state index in [1.165, 1.54) is 12.5 Å². The zero-order chi connectivity index (χ0) is 28.6. The molecule has 0 bridgehead atoms. The number of carboxylic acid groups (broad SMARTS) is 1. The number of aromatic hydroxyl groups is 1. The van der Waals surface area contributed by atoms with Gasteiger partial charge in [-0.2, -0.15) is 13.2 Å². The van der Waals surface area contributed by atoms with Crippen molar-refractivity contribution < 1.29 is 91.8 Å². The molecule has 4 aromatic rings. The van der Waals surface area contributed by atoms with Gasteiger partial charge in [0.2, 0.25) is 0 Å². The summed E-state index contributed by atoms with van der Waals surface area (Å²) in [4.78, 5) is 15.3. The predicted octanol–water partition coefficient (Wildman–Crippen LogP) is 7.58. The summed E-state index contributed by atoms with van der Waals surface area (Å²) in [6.45, 7) is 0. The summed E-state index contributed by atoms with van der Waals surface area (Å²) < 4.78 is 103. The molecule has 0 aliphatic heterocycles. The molecule has 0 saturated heterocycles. The first-order valence-corrected chi connectivity index (χ1v) is 12.1. The summed E-state index contributed by atoms with van der Waals surface area (Å²) in [5.41, 5.74) is -3.80. The summed E-state index contributed by atoms with van der Waals surface area (Å²) in [5.74, 6) is -8.63. The van der Waals surface area contributed by atoms with E-state index in [0.29, 0.717) is 12.1 Å². The van der Waals surface area contributed by atoms with Gasteiger partial charge in [-0.25, -0.2) is 27.3 Å². The van der Waals surface area contributed by atoms with Crippen molar-refractivity contribution in [2.24, 2.45) is 0 Å². The van der Waals surface area contributed by atoms with Crippen molar-refractivity contribution in [2.75, 3.05) is 11.8 Å². The Hall–Kier alpha value is -2.62. The maximum absolute atomic E-state index is 15.0. The van der Waals surface area contributed by atoms with Crippen LogP contribution >= 0.6 is 23.3 Å². The number of ether oxygens (including phenoxy) is 1. The van der Waals surface area contributed by atoms with Gasteiger partial charge >= 0.3 is 12.1 Å². The number of alkyl halides is 3. The van der Waals surface area contributed by atoms with E-state index in [1.807, 2.05) is 0 Å². The second kappa shape index (κ2) is 12.5. The molecule has 207 valence electrons. The Morgan fingerprint density at radius 2 is 1.65 bits per heavy atom. The zero-order valence-corrected chi connectivity index (χ0v) is 25.1. The molecule has 0 fully saturated rings. The van der Waals surface area contributed by atoms with Gasteiger partial charge in [0, 0.05) is 70.2 Å². The normalized spacial score (nSPS) is 11.2. The van der Waals surface area contributed by atoms with Crippen LogP contribution in [0, 0.1) is 64.6 Å². The van der Waals surface area contributed by atoms with Crippen molar-refractivity contribution in [1.82, 2.24) is 4.98 Å². The minimum absolute atomic E-state index is 0. The van der Waals surface area contributed by atoms with Crippen LogP contribution in [0.5, 0.6) is 11.5 Å². The standard InChI is InChI=1S/C24H13F7N2O4S2.Pr/c1-37-17-6-12(23(35)36)13(25)7-16(17)33-39-18-8-38-22(32-18)11-3-2-10(21(34)20(11)28)9-4-14(26)19(15(27)5-9)24(29,30)31;/h2-8,33-34H,1H3,(H,35,36);. The number of carbonyl (C=O) groups is 1. The number of hydrogen-bond acceptors (Lipinski definition) is 7. The quantitative estimate of drug-likeness (QED) is 0.133. The second-order valence-corrected chi connectivity index (χ2v) is 9.35. The van der Waals surface area contributed by atoms with Crippen LogP contribution in [0.25, 0.3) is 21.7 Å². The Bertz CT molecular complexity index is 1580. The number of aromatic carboxylic acids is 1. The van der Waals surface area contributed by atoms with E-state index in [0.717, 1.165) is 47.6 Å². The Morgan fingerprint density at radius 3 is 2.23 bits per heavy atom. The number of aromatic nitrogens is 1. The molecule has 0 amide bonds. The van der Waals surface area contributed by atoms with E-state index >= 15 is 4.39 Å². The van der Waals surface area contributed by atoms with Crippen LogP contribution in [0.4, 0.5) is 36.4 Å². The number of phenols is 1. The number of methoxy groups -OCH3 is 1. The molecule has 16 heteroatoms. The zero-order valence-electron chi connectivity index (χ0n) is 19.7. The van der Waals surface area contributed by atoms with Gasteiger partial charge < -0.3 is 19.7 Å². The van der Waals surface area contributed by atoms with E-state index < -0.39 is 63.4 Å². The van der Waals surface area contributed by atoms with E-state index in [9.17, 15) is 36.2 Å². The van der Waals surface area contributed by atoms with Crippen LogP contribution < -0.4 is 9.46 Å². The summed E-state index contributed by atoms with van der Waals surface area (Å²) in [7, 11) is 1.25. The third kappa shape index (κ3) is 6.47. The summed E-state index contributed by atoms with van der Waals surface area (Å²) >= 11 is 1.79. The first kappa shape index (κ1) is 31.9. The van der Waals surface area contributed by atoms with Gasteiger partial charge in [0.05, 0.1) is 23.9 Å². The van der Waals surface area contributed by atoms with Crippen LogP contribution in [0.15, 0.2) is 46.8 Å². The van der Waals surface area contributed by atoms with E-state index in [4.69, 9.17) is 9.84 Å². The average Bonchev–Trinajstić information content (AvgIpc) is 3.31. The van der Waals surface area contributed by atoms with Crippen molar-refractivity contribution >= 4 is 34.9 Å². The molecule has 1 radical (unpaired) electrons. The van der Waals surface area contributed by atoms with Gasteiger partial charge in [-0.05, 0) is 35.9 Å². The molecule has 0 aliphatic carbocycles. The van der Waals surface area contributed by atoms with Gasteiger partial charge in [0.15, 0.2) is 11.6 Å². The maximum Gasteiger partial charge on any atom is 0.422 e. The molecular formula is C24H13F7N2O4PrS2. The number of carboxylic acids is 1. The Kier molecular flexibility index (Phi) is 9.96. The van der Waals surface area contributed by atoms with Crippen LogP contribution in [-0.2, 0) is 6.18 Å². The molecule has 0 spiro atoms. The van der Waals surface area contributed by atoms with Gasteiger partial charge in [0.25, 0.3) is 0 Å². The SMILES string of the molecule is COc1cc(C(=O)O)c(F)cc1NSc1csc(-c2ccc(-c3cc(F)c(C(F)(F)F)c(F)c3)c(O)c2F)n1.[Pr]. The fraction of sp³-hybridized carbons (Fsp3) is 0.0833. The van der Waals surface area contributed by atoms with Crippen LogP contribution in [-0.4, -0.2) is 28.3 Å². The number of nitrogens with one attached hydrogen (secondary N) is 1. The summed E-state index contributed by atoms with van der Waals surface area (Å²) in [6.07, 6.45) is -5.29. The van der Waals surface area contributed by atoms with Crippen LogP contribution in [0.1, 0.15) is 15.9 Å². The smallest absolute Gasteiger partial charge is 0.422 e. The molecule has 0 aliphatic rings. The molecule has 0 saturated carbocycles. The topological polar surface area (TPSA) is 91.7 Å². The first-order valence-electron chi connectivity index (χ1n) is 10.4. The number of benzene rings is 3. The molecule has 0 unspecified atom stereocenters. The monoisotopic (exact) mass is 731 g/mol. The molecule has 4 rings (SSSR count). The van der Waals surface area contributed by atoms with E-state index in [1.54, 1.807) is 0 Å². The molecule has 40 heavy (non-hydrogen) atoms. The van der Waals surface area contributed by atoms with E-state index in [2.05, 4.69) is 9.71 Å². The fourth-order valence-corrected chi connectivity index (χ4v) is 5.07. The number of anilines is 1. The first-order chi connectivity index (χ1) is 18.3. The summed E-state index contributed by atoms with van der Waals surface area (Å²) in [6, 6.07) is 4.77. The Morgan fingerprint density at radius 1 is 1.02 bits per heavy atom. The van der Waals surface area contributed by atoms with Gasteiger partial charge in [-0.15, -0.1) is 11.3 Å². The number of rotatable bonds is 7.